The van der Waals surface area contributed by atoms with E-state index in [0.29, 0.717) is 26.1 Å². The molecule has 0 aromatic heterocycles. The lowest BCUT2D eigenvalue weighted by molar-refractivity contribution is -0.159. The molecule has 2 fully saturated rings. The van der Waals surface area contributed by atoms with Gasteiger partial charge >= 0.3 is 12.1 Å². The van der Waals surface area contributed by atoms with Gasteiger partial charge in [0.1, 0.15) is 12.6 Å². The highest BCUT2D eigenvalue weighted by Crippen LogP contribution is 2.30. The van der Waals surface area contributed by atoms with Crippen LogP contribution in [0.1, 0.15) is 31.7 Å². The summed E-state index contributed by atoms with van der Waals surface area (Å²) in [5.41, 5.74) is 0.908. The fourth-order valence-electron chi connectivity index (χ4n) is 3.70. The van der Waals surface area contributed by atoms with E-state index in [1.54, 1.807) is 11.8 Å². The number of esters is 1. The Morgan fingerprint density at radius 2 is 2.00 bits per heavy atom. The van der Waals surface area contributed by atoms with Gasteiger partial charge in [0.2, 0.25) is 5.91 Å². The smallest absolute Gasteiger partial charge is 0.409 e. The van der Waals surface area contributed by atoms with Crippen molar-refractivity contribution in [1.82, 2.24) is 10.2 Å². The van der Waals surface area contributed by atoms with E-state index in [-0.39, 0.29) is 30.4 Å². The number of amides is 2. The van der Waals surface area contributed by atoms with Crippen molar-refractivity contribution in [1.29, 1.82) is 0 Å². The number of piperidine rings is 1. The van der Waals surface area contributed by atoms with Gasteiger partial charge in [0.25, 0.3) is 0 Å². The maximum Gasteiger partial charge on any atom is 0.409 e. The molecule has 2 aliphatic heterocycles. The van der Waals surface area contributed by atoms with Gasteiger partial charge in [-0.3, -0.25) is 4.79 Å². The summed E-state index contributed by atoms with van der Waals surface area (Å²) < 4.78 is 10.4. The monoisotopic (exact) mass is 374 g/mol. The Labute approximate surface area is 159 Å². The Balaban J connectivity index is 1.50. The van der Waals surface area contributed by atoms with Gasteiger partial charge in [0, 0.05) is 13.1 Å². The SMILES string of the molecule is CCOC(=O)N1CCCC(C[C@H]2C(=O)NC2C(=O)OCc2ccccc2)C1. The van der Waals surface area contributed by atoms with Crippen LogP contribution in [0.5, 0.6) is 0 Å². The van der Waals surface area contributed by atoms with Gasteiger partial charge in [-0.15, -0.1) is 0 Å². The molecule has 3 rings (SSSR count). The second-order valence-corrected chi connectivity index (χ2v) is 7.07. The number of β-lactam (4-membered cyclic amide) rings is 1. The number of ether oxygens (including phenoxy) is 2. The molecule has 1 N–H and O–H groups in total. The van der Waals surface area contributed by atoms with Gasteiger partial charge in [-0.05, 0) is 37.7 Å². The summed E-state index contributed by atoms with van der Waals surface area (Å²) in [6.45, 7) is 3.56. The highest BCUT2D eigenvalue weighted by atomic mass is 16.6. The number of rotatable bonds is 6. The number of benzene rings is 1. The lowest BCUT2D eigenvalue weighted by Gasteiger charge is -2.39. The van der Waals surface area contributed by atoms with Crippen LogP contribution < -0.4 is 5.32 Å². The molecule has 0 saturated carbocycles. The standard InChI is InChI=1S/C20H26N2O5/c1-2-26-20(25)22-10-6-9-15(12-22)11-16-17(21-18(16)23)19(24)27-13-14-7-4-3-5-8-14/h3-5,7-8,15-17H,2,6,9-13H2,1H3,(H,21,23)/t15?,16-,17?/m1/s1. The second-order valence-electron chi connectivity index (χ2n) is 7.07. The zero-order valence-electron chi connectivity index (χ0n) is 15.6. The fourth-order valence-corrected chi connectivity index (χ4v) is 3.70. The second kappa shape index (κ2) is 8.88. The predicted octanol–water partition coefficient (Wildman–Crippen LogP) is 2.10. The maximum atomic E-state index is 12.3. The molecule has 2 saturated heterocycles. The summed E-state index contributed by atoms with van der Waals surface area (Å²) in [5, 5.41) is 2.65. The first kappa shape index (κ1) is 19.2. The van der Waals surface area contributed by atoms with Gasteiger partial charge in [0.05, 0.1) is 12.5 Å². The molecule has 2 aliphatic rings. The van der Waals surface area contributed by atoms with Crippen LogP contribution in [0, 0.1) is 11.8 Å². The summed E-state index contributed by atoms with van der Waals surface area (Å²) in [5.74, 6) is -0.726. The highest BCUT2D eigenvalue weighted by molar-refractivity contribution is 5.97. The van der Waals surface area contributed by atoms with Crippen LogP contribution in [0.4, 0.5) is 4.79 Å². The Hall–Kier alpha value is -2.57. The topological polar surface area (TPSA) is 84.9 Å². The molecule has 0 radical (unpaired) electrons. The minimum Gasteiger partial charge on any atom is -0.459 e. The largest absolute Gasteiger partial charge is 0.459 e. The third kappa shape index (κ3) is 4.78. The Morgan fingerprint density at radius 3 is 2.70 bits per heavy atom. The fraction of sp³-hybridized carbons (Fsp3) is 0.550. The Morgan fingerprint density at radius 1 is 1.22 bits per heavy atom. The predicted molar refractivity (Wildman–Crippen MR) is 97.6 cm³/mol. The van der Waals surface area contributed by atoms with Gasteiger partial charge in [-0.25, -0.2) is 9.59 Å². The molecule has 0 spiro atoms. The minimum absolute atomic E-state index is 0.120. The number of nitrogens with one attached hydrogen (secondary N) is 1. The zero-order valence-corrected chi connectivity index (χ0v) is 15.6. The van der Waals surface area contributed by atoms with E-state index in [1.807, 2.05) is 30.3 Å². The number of likely N-dealkylation sites (tertiary alicyclic amines) is 1. The van der Waals surface area contributed by atoms with Crippen molar-refractivity contribution < 1.29 is 23.9 Å². The van der Waals surface area contributed by atoms with Crippen molar-refractivity contribution in [3.8, 4) is 0 Å². The van der Waals surface area contributed by atoms with Gasteiger partial charge in [-0.1, -0.05) is 30.3 Å². The third-order valence-corrected chi connectivity index (χ3v) is 5.15. The number of nitrogens with zero attached hydrogens (tertiary/aromatic N) is 1. The van der Waals surface area contributed by atoms with Crippen LogP contribution in [-0.4, -0.2) is 48.6 Å². The van der Waals surface area contributed by atoms with Gasteiger partial charge in [-0.2, -0.15) is 0 Å². The average molecular weight is 374 g/mol. The Bertz CT molecular complexity index is 678. The van der Waals surface area contributed by atoms with E-state index in [1.165, 1.54) is 0 Å². The van der Waals surface area contributed by atoms with E-state index in [9.17, 15) is 14.4 Å². The number of hydrogen-bond donors (Lipinski definition) is 1. The first-order chi connectivity index (χ1) is 13.1. The normalized spacial score (nSPS) is 24.6. The molecule has 0 bridgehead atoms. The zero-order chi connectivity index (χ0) is 19.2. The lowest BCUT2D eigenvalue weighted by Crippen LogP contribution is -2.63. The molecule has 1 aromatic carbocycles. The van der Waals surface area contributed by atoms with Gasteiger partial charge in [0.15, 0.2) is 0 Å². The molecular formula is C20H26N2O5. The minimum atomic E-state index is -0.598. The van der Waals surface area contributed by atoms with Crippen LogP contribution in [0.2, 0.25) is 0 Å². The molecule has 146 valence electrons. The van der Waals surface area contributed by atoms with Crippen LogP contribution in [0.3, 0.4) is 0 Å². The number of carbonyl (C=O) groups excluding carboxylic acids is 3. The van der Waals surface area contributed by atoms with Crippen molar-refractivity contribution in [2.75, 3.05) is 19.7 Å². The molecule has 27 heavy (non-hydrogen) atoms. The van der Waals surface area contributed by atoms with E-state index < -0.39 is 12.0 Å². The summed E-state index contributed by atoms with van der Waals surface area (Å²) in [6.07, 6.45) is 2.08. The van der Waals surface area contributed by atoms with E-state index in [0.717, 1.165) is 18.4 Å². The number of carbonyl (C=O) groups is 3. The molecular weight excluding hydrogens is 348 g/mol. The van der Waals surface area contributed by atoms with Crippen LogP contribution >= 0.6 is 0 Å². The van der Waals surface area contributed by atoms with E-state index in [4.69, 9.17) is 9.47 Å². The average Bonchev–Trinajstić information content (AvgIpc) is 2.69. The van der Waals surface area contributed by atoms with Crippen molar-refractivity contribution >= 4 is 18.0 Å². The quantitative estimate of drug-likeness (QED) is 0.609. The van der Waals surface area contributed by atoms with Crippen LogP contribution in [0.15, 0.2) is 30.3 Å². The molecule has 2 heterocycles. The van der Waals surface area contributed by atoms with E-state index in [2.05, 4.69) is 5.32 Å². The Kier molecular flexibility index (Phi) is 6.32. The first-order valence-electron chi connectivity index (χ1n) is 9.51. The molecule has 2 unspecified atom stereocenters. The maximum absolute atomic E-state index is 12.3. The summed E-state index contributed by atoms with van der Waals surface area (Å²) >= 11 is 0. The van der Waals surface area contributed by atoms with E-state index >= 15 is 0 Å². The lowest BCUT2D eigenvalue weighted by atomic mass is 9.80. The summed E-state index contributed by atoms with van der Waals surface area (Å²) in [4.78, 5) is 37.9. The molecule has 1 aromatic rings. The van der Waals surface area contributed by atoms with Crippen molar-refractivity contribution in [3.63, 3.8) is 0 Å². The summed E-state index contributed by atoms with van der Waals surface area (Å²) in [7, 11) is 0. The first-order valence-corrected chi connectivity index (χ1v) is 9.51. The number of hydrogen-bond acceptors (Lipinski definition) is 5. The van der Waals surface area contributed by atoms with Crippen LogP contribution in [0.25, 0.3) is 0 Å². The molecule has 3 atom stereocenters. The summed E-state index contributed by atoms with van der Waals surface area (Å²) in [6, 6.07) is 8.84. The van der Waals surface area contributed by atoms with Crippen molar-refractivity contribution in [2.24, 2.45) is 11.8 Å². The van der Waals surface area contributed by atoms with Crippen molar-refractivity contribution in [3.05, 3.63) is 35.9 Å². The third-order valence-electron chi connectivity index (χ3n) is 5.15. The molecule has 0 aliphatic carbocycles. The molecule has 7 nitrogen and oxygen atoms in total. The van der Waals surface area contributed by atoms with Gasteiger partial charge < -0.3 is 19.7 Å². The van der Waals surface area contributed by atoms with Crippen LogP contribution in [-0.2, 0) is 25.7 Å². The molecule has 2 amide bonds. The molecule has 7 heteroatoms. The van der Waals surface area contributed by atoms with Crippen molar-refractivity contribution in [2.45, 2.75) is 38.8 Å². The highest BCUT2D eigenvalue weighted by Gasteiger charge is 2.46.